The van der Waals surface area contributed by atoms with Gasteiger partial charge < -0.3 is 9.47 Å². The number of hydrogen-bond acceptors (Lipinski definition) is 7. The van der Waals surface area contributed by atoms with E-state index in [1.807, 2.05) is 45.9 Å². The van der Waals surface area contributed by atoms with Crippen LogP contribution in [0, 0.1) is 25.2 Å². The topological polar surface area (TPSA) is 97.1 Å². The number of nitrogens with one attached hydrogen (secondary N) is 1. The fraction of sp³-hybridized carbons (Fsp3) is 0.280. The number of nitrogens with zero attached hydrogens (tertiary/aromatic N) is 3. The zero-order chi connectivity index (χ0) is 23.8. The normalized spacial score (nSPS) is 11.2. The molecule has 0 aliphatic carbocycles. The first-order chi connectivity index (χ1) is 15.9. The third-order valence-corrected chi connectivity index (χ3v) is 5.79. The first kappa shape index (κ1) is 24.0. The monoisotopic (exact) mass is 462 g/mol. The molecule has 0 radical (unpaired) electrons. The van der Waals surface area contributed by atoms with Crippen LogP contribution in [0.15, 0.2) is 48.0 Å². The summed E-state index contributed by atoms with van der Waals surface area (Å²) in [6.45, 7) is 8.88. The Kier molecular flexibility index (Phi) is 8.17. The molecule has 0 unspecified atom stereocenters. The average molecular weight is 463 g/mol. The quantitative estimate of drug-likeness (QED) is 0.264. The highest BCUT2D eigenvalue weighted by Crippen LogP contribution is 2.23. The van der Waals surface area contributed by atoms with Gasteiger partial charge in [0, 0.05) is 5.92 Å². The highest BCUT2D eigenvalue weighted by Gasteiger charge is 2.14. The number of ether oxygens (including phenoxy) is 2. The van der Waals surface area contributed by atoms with Crippen molar-refractivity contribution in [2.75, 3.05) is 18.5 Å². The van der Waals surface area contributed by atoms with Crippen molar-refractivity contribution in [2.45, 2.75) is 33.6 Å². The van der Waals surface area contributed by atoms with E-state index < -0.39 is 5.91 Å². The molecule has 1 heterocycles. The van der Waals surface area contributed by atoms with Gasteiger partial charge in [0.2, 0.25) is 5.13 Å². The van der Waals surface area contributed by atoms with Gasteiger partial charge in [-0.2, -0.15) is 5.26 Å². The summed E-state index contributed by atoms with van der Waals surface area (Å²) in [4.78, 5) is 12.4. The number of carbonyl (C=O) groups excluding carboxylic acids is 1. The van der Waals surface area contributed by atoms with Crippen molar-refractivity contribution >= 4 is 28.5 Å². The van der Waals surface area contributed by atoms with Crippen LogP contribution >= 0.6 is 11.3 Å². The van der Waals surface area contributed by atoms with Gasteiger partial charge >= 0.3 is 0 Å². The fourth-order valence-electron chi connectivity index (χ4n) is 2.93. The van der Waals surface area contributed by atoms with E-state index in [1.54, 1.807) is 24.3 Å². The Balaban J connectivity index is 1.53. The minimum absolute atomic E-state index is 0.0215. The largest absolute Gasteiger partial charge is 0.490 e. The Labute approximate surface area is 197 Å². The van der Waals surface area contributed by atoms with Crippen molar-refractivity contribution in [1.82, 2.24) is 10.2 Å². The van der Waals surface area contributed by atoms with E-state index in [4.69, 9.17) is 9.47 Å². The smallest absolute Gasteiger partial charge is 0.268 e. The van der Waals surface area contributed by atoms with Crippen molar-refractivity contribution < 1.29 is 14.3 Å². The standard InChI is InChI=1S/C25H26N4O3S/c1-16(2)24-28-29-25(33-24)27-23(30)20(15-26)14-19-6-8-21(9-7-19)31-11-12-32-22-10-5-17(3)13-18(22)4/h5-10,13-14,16H,11-12H2,1-4H3,(H,27,29,30)/b20-14-. The van der Waals surface area contributed by atoms with E-state index in [0.717, 1.165) is 16.3 Å². The maximum Gasteiger partial charge on any atom is 0.268 e. The number of amides is 1. The average Bonchev–Trinajstić information content (AvgIpc) is 3.26. The summed E-state index contributed by atoms with van der Waals surface area (Å²) in [5.41, 5.74) is 2.98. The van der Waals surface area contributed by atoms with Gasteiger partial charge in [0.05, 0.1) is 0 Å². The molecule has 0 aliphatic rings. The lowest BCUT2D eigenvalue weighted by Crippen LogP contribution is -2.13. The minimum atomic E-state index is -0.521. The highest BCUT2D eigenvalue weighted by atomic mass is 32.1. The summed E-state index contributed by atoms with van der Waals surface area (Å²) in [6, 6.07) is 15.1. The summed E-state index contributed by atoms with van der Waals surface area (Å²) in [6.07, 6.45) is 1.52. The van der Waals surface area contributed by atoms with Gasteiger partial charge in [0.15, 0.2) is 0 Å². The number of carbonyl (C=O) groups is 1. The Morgan fingerprint density at radius 1 is 1.12 bits per heavy atom. The van der Waals surface area contributed by atoms with E-state index in [0.29, 0.717) is 29.7 Å². The molecule has 0 saturated heterocycles. The van der Waals surface area contributed by atoms with Crippen molar-refractivity contribution in [1.29, 1.82) is 5.26 Å². The van der Waals surface area contributed by atoms with Gasteiger partial charge in [0.1, 0.15) is 41.4 Å². The molecule has 3 aromatic rings. The van der Waals surface area contributed by atoms with Gasteiger partial charge in [-0.05, 0) is 49.2 Å². The first-order valence-corrected chi connectivity index (χ1v) is 11.4. The van der Waals surface area contributed by atoms with Crippen LogP contribution in [-0.2, 0) is 4.79 Å². The summed E-state index contributed by atoms with van der Waals surface area (Å²) in [5.74, 6) is 1.22. The number of anilines is 1. The summed E-state index contributed by atoms with van der Waals surface area (Å²) < 4.78 is 11.5. The summed E-state index contributed by atoms with van der Waals surface area (Å²) >= 11 is 1.30. The predicted octanol–water partition coefficient (Wildman–Crippen LogP) is 5.28. The number of hydrogen-bond donors (Lipinski definition) is 1. The maximum absolute atomic E-state index is 12.4. The van der Waals surface area contributed by atoms with Gasteiger partial charge in [-0.25, -0.2) is 0 Å². The summed E-state index contributed by atoms with van der Waals surface area (Å²) in [5, 5.41) is 21.2. The Bertz CT molecular complexity index is 1180. The molecule has 1 N–H and O–H groups in total. The second kappa shape index (κ2) is 11.2. The SMILES string of the molecule is Cc1ccc(OCCOc2ccc(/C=C(/C#N)C(=O)Nc3nnc(C(C)C)s3)cc2)c(C)c1. The molecular weight excluding hydrogens is 436 g/mol. The number of benzene rings is 2. The van der Waals surface area contributed by atoms with Crippen molar-refractivity contribution in [2.24, 2.45) is 0 Å². The van der Waals surface area contributed by atoms with Gasteiger partial charge in [-0.3, -0.25) is 10.1 Å². The number of rotatable bonds is 9. The Hall–Kier alpha value is -3.70. The molecule has 0 spiro atoms. The molecule has 7 nitrogen and oxygen atoms in total. The molecule has 3 rings (SSSR count). The van der Waals surface area contributed by atoms with Crippen molar-refractivity contribution in [3.8, 4) is 17.6 Å². The first-order valence-electron chi connectivity index (χ1n) is 10.5. The Morgan fingerprint density at radius 2 is 1.85 bits per heavy atom. The number of aryl methyl sites for hydroxylation is 2. The van der Waals surface area contributed by atoms with Crippen LogP contribution in [0.25, 0.3) is 6.08 Å². The minimum Gasteiger partial charge on any atom is -0.490 e. The fourth-order valence-corrected chi connectivity index (χ4v) is 3.67. The summed E-state index contributed by atoms with van der Waals surface area (Å²) in [7, 11) is 0. The van der Waals surface area contributed by atoms with Crippen LogP contribution in [0.4, 0.5) is 5.13 Å². The molecule has 0 saturated carbocycles. The van der Waals surface area contributed by atoms with Crippen molar-refractivity contribution in [3.05, 3.63) is 69.7 Å². The molecule has 0 bridgehead atoms. The van der Waals surface area contributed by atoms with Crippen LogP contribution in [0.2, 0.25) is 0 Å². The van der Waals surface area contributed by atoms with E-state index in [-0.39, 0.29) is 11.5 Å². The maximum atomic E-state index is 12.4. The third kappa shape index (κ3) is 6.89. The lowest BCUT2D eigenvalue weighted by Gasteiger charge is -2.11. The second-order valence-corrected chi connectivity index (χ2v) is 8.77. The molecule has 2 aromatic carbocycles. The van der Waals surface area contributed by atoms with Crippen LogP contribution in [0.1, 0.15) is 41.5 Å². The molecular formula is C25H26N4O3S. The van der Waals surface area contributed by atoms with Crippen LogP contribution in [0.5, 0.6) is 11.5 Å². The van der Waals surface area contributed by atoms with E-state index in [2.05, 4.69) is 21.6 Å². The Morgan fingerprint density at radius 3 is 2.48 bits per heavy atom. The van der Waals surface area contributed by atoms with Gasteiger partial charge in [-0.1, -0.05) is 55.0 Å². The molecule has 0 atom stereocenters. The molecule has 0 fully saturated rings. The lowest BCUT2D eigenvalue weighted by molar-refractivity contribution is -0.112. The lowest BCUT2D eigenvalue weighted by atomic mass is 10.1. The molecule has 170 valence electrons. The predicted molar refractivity (Wildman–Crippen MR) is 130 cm³/mol. The van der Waals surface area contributed by atoms with Crippen LogP contribution in [-0.4, -0.2) is 29.3 Å². The molecule has 1 aromatic heterocycles. The second-order valence-electron chi connectivity index (χ2n) is 7.76. The third-order valence-electron chi connectivity index (χ3n) is 4.65. The van der Waals surface area contributed by atoms with Crippen LogP contribution < -0.4 is 14.8 Å². The van der Waals surface area contributed by atoms with Crippen LogP contribution in [0.3, 0.4) is 0 Å². The van der Waals surface area contributed by atoms with E-state index in [9.17, 15) is 10.1 Å². The molecule has 8 heteroatoms. The molecule has 33 heavy (non-hydrogen) atoms. The zero-order valence-electron chi connectivity index (χ0n) is 19.1. The van der Waals surface area contributed by atoms with Crippen molar-refractivity contribution in [3.63, 3.8) is 0 Å². The zero-order valence-corrected chi connectivity index (χ0v) is 19.9. The molecule has 1 amide bonds. The van der Waals surface area contributed by atoms with Gasteiger partial charge in [0.25, 0.3) is 5.91 Å². The highest BCUT2D eigenvalue weighted by molar-refractivity contribution is 7.15. The number of aromatic nitrogens is 2. The van der Waals surface area contributed by atoms with E-state index in [1.165, 1.54) is 23.0 Å². The number of nitriles is 1. The van der Waals surface area contributed by atoms with Gasteiger partial charge in [-0.15, -0.1) is 10.2 Å². The molecule has 0 aliphatic heterocycles. The van der Waals surface area contributed by atoms with E-state index >= 15 is 0 Å².